The molecule has 0 amide bonds. The fourth-order valence-electron chi connectivity index (χ4n) is 10.5. The Labute approximate surface area is 382 Å². The third-order valence-electron chi connectivity index (χ3n) is 13.4. The van der Waals surface area contributed by atoms with E-state index in [-0.39, 0.29) is 0 Å². The monoisotopic (exact) mass is 840 g/mol. The lowest BCUT2D eigenvalue weighted by Gasteiger charge is -2.19. The Balaban J connectivity index is 0.996. The summed E-state index contributed by atoms with van der Waals surface area (Å²) in [5.41, 5.74) is 14.9. The van der Waals surface area contributed by atoms with Crippen LogP contribution in [0.15, 0.2) is 243 Å². The van der Waals surface area contributed by atoms with Crippen LogP contribution in [0.4, 0.5) is 0 Å². The standard InChI is InChI=1S/C64H40S/c1-5-17-41(18-6-1)61-49-25-13-15-27-51(49)63(43-21-9-3-10-22-43)57-39-45(29-33-53(57)61)47-31-35-59-55(37-47)56-38-48(32-36-60(56)65-59)46-30-34-54-58(40-46)64(44-23-11-4-12-24-44)52-28-16-14-26-50(52)62(54)42-19-7-2-8-20-42/h1-40H. The van der Waals surface area contributed by atoms with Gasteiger partial charge in [0.25, 0.3) is 0 Å². The van der Waals surface area contributed by atoms with E-state index in [0.29, 0.717) is 0 Å². The number of thiophene rings is 1. The molecule has 0 fully saturated rings. The summed E-state index contributed by atoms with van der Waals surface area (Å²) in [7, 11) is 0. The summed E-state index contributed by atoms with van der Waals surface area (Å²) >= 11 is 1.88. The van der Waals surface area contributed by atoms with E-state index in [9.17, 15) is 0 Å². The summed E-state index contributed by atoms with van der Waals surface area (Å²) in [6.45, 7) is 0. The van der Waals surface area contributed by atoms with Gasteiger partial charge in [-0.25, -0.2) is 0 Å². The summed E-state index contributed by atoms with van der Waals surface area (Å²) in [6, 6.07) is 89.8. The van der Waals surface area contributed by atoms with Crippen LogP contribution in [-0.2, 0) is 0 Å². The van der Waals surface area contributed by atoms with Gasteiger partial charge in [0.2, 0.25) is 0 Å². The molecule has 1 heterocycles. The van der Waals surface area contributed by atoms with Crippen molar-refractivity contribution in [2.45, 2.75) is 0 Å². The van der Waals surface area contributed by atoms with E-state index < -0.39 is 0 Å². The Morgan fingerprint density at radius 1 is 0.169 bits per heavy atom. The fraction of sp³-hybridized carbons (Fsp3) is 0. The van der Waals surface area contributed by atoms with Crippen LogP contribution in [0.2, 0.25) is 0 Å². The molecular formula is C64H40S. The van der Waals surface area contributed by atoms with Crippen molar-refractivity contribution in [1.82, 2.24) is 0 Å². The van der Waals surface area contributed by atoms with Crippen molar-refractivity contribution in [3.8, 4) is 66.8 Å². The van der Waals surface area contributed by atoms with Gasteiger partial charge in [0.1, 0.15) is 0 Å². The number of hydrogen-bond acceptors (Lipinski definition) is 1. The quantitative estimate of drug-likeness (QED) is 0.146. The van der Waals surface area contributed by atoms with Gasteiger partial charge in [-0.3, -0.25) is 0 Å². The number of fused-ring (bicyclic) bond motifs is 7. The van der Waals surface area contributed by atoms with Crippen molar-refractivity contribution >= 4 is 74.6 Å². The largest absolute Gasteiger partial charge is 0.135 e. The van der Waals surface area contributed by atoms with Crippen molar-refractivity contribution in [1.29, 1.82) is 0 Å². The Morgan fingerprint density at radius 2 is 0.415 bits per heavy atom. The molecule has 0 aliphatic carbocycles. The molecule has 302 valence electrons. The van der Waals surface area contributed by atoms with Crippen molar-refractivity contribution in [3.05, 3.63) is 243 Å². The lowest BCUT2D eigenvalue weighted by Crippen LogP contribution is -1.91. The normalized spacial score (nSPS) is 11.7. The first-order chi connectivity index (χ1) is 32.2. The SMILES string of the molecule is c1ccc(-c2c3ccccc3c(-c3ccccc3)c3cc(-c4ccc5sc6ccc(-c7ccc8c(-c9ccccc9)c9ccccc9c(-c9ccccc9)c8c7)cc6c5c4)ccc23)cc1. The van der Waals surface area contributed by atoms with Gasteiger partial charge in [0.15, 0.2) is 0 Å². The fourth-order valence-corrected chi connectivity index (χ4v) is 11.6. The summed E-state index contributed by atoms with van der Waals surface area (Å²) in [5.74, 6) is 0. The highest BCUT2D eigenvalue weighted by Crippen LogP contribution is 2.48. The molecule has 0 radical (unpaired) electrons. The zero-order valence-electron chi connectivity index (χ0n) is 35.5. The molecule has 0 bridgehead atoms. The molecule has 12 aromatic carbocycles. The van der Waals surface area contributed by atoms with E-state index in [1.54, 1.807) is 0 Å². The molecule has 0 atom stereocenters. The lowest BCUT2D eigenvalue weighted by atomic mass is 9.84. The summed E-state index contributed by atoms with van der Waals surface area (Å²) < 4.78 is 2.60. The van der Waals surface area contributed by atoms with Gasteiger partial charge in [-0.15, -0.1) is 11.3 Å². The molecule has 1 heteroatoms. The minimum Gasteiger partial charge on any atom is -0.135 e. The molecule has 0 N–H and O–H groups in total. The minimum absolute atomic E-state index is 1.21. The van der Waals surface area contributed by atoms with Crippen molar-refractivity contribution < 1.29 is 0 Å². The van der Waals surface area contributed by atoms with E-state index in [2.05, 4.69) is 243 Å². The second kappa shape index (κ2) is 15.3. The first kappa shape index (κ1) is 37.5. The third kappa shape index (κ3) is 6.20. The topological polar surface area (TPSA) is 0 Å². The lowest BCUT2D eigenvalue weighted by molar-refractivity contribution is 1.64. The summed E-state index contributed by atoms with van der Waals surface area (Å²) in [4.78, 5) is 0. The zero-order valence-corrected chi connectivity index (χ0v) is 36.3. The van der Waals surface area contributed by atoms with Crippen LogP contribution >= 0.6 is 11.3 Å². The third-order valence-corrected chi connectivity index (χ3v) is 14.6. The van der Waals surface area contributed by atoms with Crippen LogP contribution in [0.25, 0.3) is 130 Å². The predicted molar refractivity (Wildman–Crippen MR) is 282 cm³/mol. The van der Waals surface area contributed by atoms with Gasteiger partial charge in [-0.2, -0.15) is 0 Å². The molecule has 0 unspecified atom stereocenters. The molecular weight excluding hydrogens is 801 g/mol. The highest BCUT2D eigenvalue weighted by atomic mass is 32.1. The second-order valence-electron chi connectivity index (χ2n) is 17.1. The van der Waals surface area contributed by atoms with Gasteiger partial charge in [0.05, 0.1) is 0 Å². The van der Waals surface area contributed by atoms with Crippen LogP contribution in [0, 0.1) is 0 Å². The van der Waals surface area contributed by atoms with Crippen LogP contribution in [0.5, 0.6) is 0 Å². The molecule has 13 rings (SSSR count). The van der Waals surface area contributed by atoms with Crippen LogP contribution < -0.4 is 0 Å². The smallest absolute Gasteiger partial charge is 0.0355 e. The Morgan fingerprint density at radius 3 is 0.738 bits per heavy atom. The van der Waals surface area contributed by atoms with Crippen molar-refractivity contribution in [3.63, 3.8) is 0 Å². The van der Waals surface area contributed by atoms with Gasteiger partial charge in [-0.05, 0) is 146 Å². The molecule has 13 aromatic rings. The van der Waals surface area contributed by atoms with E-state index in [0.717, 1.165) is 0 Å². The minimum atomic E-state index is 1.21. The molecule has 0 aliphatic heterocycles. The van der Waals surface area contributed by atoms with Gasteiger partial charge in [0, 0.05) is 20.2 Å². The molecule has 0 spiro atoms. The highest BCUT2D eigenvalue weighted by molar-refractivity contribution is 7.25. The number of rotatable bonds is 6. The van der Waals surface area contributed by atoms with Crippen molar-refractivity contribution in [2.75, 3.05) is 0 Å². The Bertz CT molecular complexity index is 3700. The second-order valence-corrected chi connectivity index (χ2v) is 18.2. The Hall–Kier alpha value is -8.10. The van der Waals surface area contributed by atoms with Crippen LogP contribution in [-0.4, -0.2) is 0 Å². The van der Waals surface area contributed by atoms with Gasteiger partial charge in [-0.1, -0.05) is 206 Å². The molecule has 0 nitrogen and oxygen atoms in total. The first-order valence-electron chi connectivity index (χ1n) is 22.4. The predicted octanol–water partition coefficient (Wildman–Crippen LogP) is 18.7. The summed E-state index contributed by atoms with van der Waals surface area (Å²) in [6.07, 6.45) is 0. The maximum atomic E-state index is 2.44. The van der Waals surface area contributed by atoms with Crippen molar-refractivity contribution in [2.24, 2.45) is 0 Å². The van der Waals surface area contributed by atoms with E-state index >= 15 is 0 Å². The molecule has 0 aliphatic rings. The maximum absolute atomic E-state index is 2.44. The van der Waals surface area contributed by atoms with E-state index in [1.807, 2.05) is 11.3 Å². The van der Waals surface area contributed by atoms with E-state index in [4.69, 9.17) is 0 Å². The van der Waals surface area contributed by atoms with Crippen LogP contribution in [0.1, 0.15) is 0 Å². The summed E-state index contributed by atoms with van der Waals surface area (Å²) in [5, 5.41) is 12.7. The van der Waals surface area contributed by atoms with E-state index in [1.165, 1.54) is 130 Å². The number of hydrogen-bond donors (Lipinski definition) is 0. The molecule has 65 heavy (non-hydrogen) atoms. The first-order valence-corrected chi connectivity index (χ1v) is 23.2. The average molecular weight is 841 g/mol. The molecule has 0 saturated carbocycles. The highest BCUT2D eigenvalue weighted by Gasteiger charge is 2.20. The average Bonchev–Trinajstić information content (AvgIpc) is 3.75. The van der Waals surface area contributed by atoms with Gasteiger partial charge < -0.3 is 0 Å². The number of benzene rings is 12. The maximum Gasteiger partial charge on any atom is 0.0355 e. The van der Waals surface area contributed by atoms with Gasteiger partial charge >= 0.3 is 0 Å². The zero-order chi connectivity index (χ0) is 42.8. The van der Waals surface area contributed by atoms with Crippen LogP contribution in [0.3, 0.4) is 0 Å². The molecule has 0 saturated heterocycles. The Kier molecular flexibility index (Phi) is 8.82. The molecule has 1 aromatic heterocycles.